The lowest BCUT2D eigenvalue weighted by atomic mass is 10.00. The number of piperidine rings is 1. The predicted octanol–water partition coefficient (Wildman–Crippen LogP) is 4.01. The number of hydrogen-bond donors (Lipinski definition) is 0. The molecule has 0 spiro atoms. The lowest BCUT2D eigenvalue weighted by molar-refractivity contribution is 0.137. The minimum Gasteiger partial charge on any atom is -0.490 e. The van der Waals surface area contributed by atoms with Gasteiger partial charge in [-0.3, -0.25) is 4.98 Å². The van der Waals surface area contributed by atoms with Crippen LogP contribution >= 0.6 is 0 Å². The number of hydrogen-bond acceptors (Lipinski definition) is 4. The van der Waals surface area contributed by atoms with Crippen LogP contribution in [-0.2, 0) is 10.0 Å². The molecule has 5 nitrogen and oxygen atoms in total. The summed E-state index contributed by atoms with van der Waals surface area (Å²) in [5.74, 6) is 0.805. The number of pyridine rings is 1. The van der Waals surface area contributed by atoms with Crippen molar-refractivity contribution >= 4 is 20.8 Å². The standard InChI is InChI=1S/C22H24N2O3S/c1-16-4-3-5-17(12-16)19-13-18-6-9-23-15-21(18)22(14-19)27-20-7-10-24(11-8-20)28(2,25)26/h3-6,9,12-15,20H,7-8,10-11H2,1-2H3. The summed E-state index contributed by atoms with van der Waals surface area (Å²) in [5, 5.41) is 2.06. The smallest absolute Gasteiger partial charge is 0.211 e. The largest absolute Gasteiger partial charge is 0.490 e. The van der Waals surface area contributed by atoms with Crippen molar-refractivity contribution in [2.24, 2.45) is 0 Å². The van der Waals surface area contributed by atoms with E-state index in [2.05, 4.69) is 48.3 Å². The van der Waals surface area contributed by atoms with Gasteiger partial charge < -0.3 is 4.74 Å². The van der Waals surface area contributed by atoms with Gasteiger partial charge in [-0.2, -0.15) is 0 Å². The van der Waals surface area contributed by atoms with Gasteiger partial charge in [0.15, 0.2) is 0 Å². The molecular weight excluding hydrogens is 372 g/mol. The molecule has 146 valence electrons. The normalized spacial score (nSPS) is 16.4. The summed E-state index contributed by atoms with van der Waals surface area (Å²) >= 11 is 0. The van der Waals surface area contributed by atoms with Gasteiger partial charge in [0.2, 0.25) is 10.0 Å². The van der Waals surface area contributed by atoms with Crippen molar-refractivity contribution in [2.45, 2.75) is 25.9 Å². The highest BCUT2D eigenvalue weighted by molar-refractivity contribution is 7.88. The Hall–Kier alpha value is -2.44. The number of sulfonamides is 1. The van der Waals surface area contributed by atoms with E-state index in [1.54, 1.807) is 6.20 Å². The van der Waals surface area contributed by atoms with Crippen LogP contribution in [0.2, 0.25) is 0 Å². The van der Waals surface area contributed by atoms with E-state index in [0.29, 0.717) is 25.9 Å². The quantitative estimate of drug-likeness (QED) is 0.668. The molecule has 0 aliphatic carbocycles. The van der Waals surface area contributed by atoms with Crippen LogP contribution in [0.4, 0.5) is 0 Å². The molecule has 1 saturated heterocycles. The molecule has 6 heteroatoms. The van der Waals surface area contributed by atoms with E-state index in [1.165, 1.54) is 16.1 Å². The highest BCUT2D eigenvalue weighted by atomic mass is 32.2. The van der Waals surface area contributed by atoms with E-state index in [1.807, 2.05) is 12.3 Å². The number of aromatic nitrogens is 1. The summed E-state index contributed by atoms with van der Waals surface area (Å²) in [6.45, 7) is 3.08. The maximum absolute atomic E-state index is 11.7. The van der Waals surface area contributed by atoms with Gasteiger partial charge in [-0.15, -0.1) is 0 Å². The molecule has 2 heterocycles. The van der Waals surface area contributed by atoms with Crippen LogP contribution in [0.25, 0.3) is 21.9 Å². The highest BCUT2D eigenvalue weighted by Crippen LogP contribution is 2.34. The highest BCUT2D eigenvalue weighted by Gasteiger charge is 2.26. The van der Waals surface area contributed by atoms with Crippen LogP contribution in [0.15, 0.2) is 54.9 Å². The topological polar surface area (TPSA) is 59.5 Å². The number of nitrogens with zero attached hydrogens (tertiary/aromatic N) is 2. The Bertz CT molecular complexity index is 1100. The Kier molecular flexibility index (Phi) is 5.08. The Balaban J connectivity index is 1.65. The van der Waals surface area contributed by atoms with Crippen LogP contribution in [0.1, 0.15) is 18.4 Å². The Morgan fingerprint density at radius 1 is 1.07 bits per heavy atom. The van der Waals surface area contributed by atoms with E-state index in [4.69, 9.17) is 4.74 Å². The third-order valence-electron chi connectivity index (χ3n) is 5.23. The van der Waals surface area contributed by atoms with Crippen molar-refractivity contribution in [3.63, 3.8) is 0 Å². The Labute approximate surface area is 166 Å². The van der Waals surface area contributed by atoms with E-state index in [-0.39, 0.29) is 6.10 Å². The van der Waals surface area contributed by atoms with Crippen LogP contribution in [0.5, 0.6) is 5.75 Å². The molecule has 0 radical (unpaired) electrons. The van der Waals surface area contributed by atoms with Gasteiger partial charge in [-0.05, 0) is 54.5 Å². The fourth-order valence-corrected chi connectivity index (χ4v) is 4.59. The fraction of sp³-hybridized carbons (Fsp3) is 0.318. The molecule has 1 aromatic heterocycles. The average Bonchev–Trinajstić information content (AvgIpc) is 2.67. The van der Waals surface area contributed by atoms with Crippen molar-refractivity contribution in [3.8, 4) is 16.9 Å². The first-order valence-electron chi connectivity index (χ1n) is 9.47. The van der Waals surface area contributed by atoms with Crippen LogP contribution in [0.3, 0.4) is 0 Å². The second kappa shape index (κ2) is 7.53. The summed E-state index contributed by atoms with van der Waals surface area (Å²) in [6, 6.07) is 14.6. The molecule has 0 bridgehead atoms. The van der Waals surface area contributed by atoms with Crippen molar-refractivity contribution in [3.05, 3.63) is 60.4 Å². The first-order chi connectivity index (χ1) is 13.4. The molecule has 0 N–H and O–H groups in total. The maximum Gasteiger partial charge on any atom is 0.211 e. The lowest BCUT2D eigenvalue weighted by Gasteiger charge is -2.30. The number of aryl methyl sites for hydroxylation is 1. The Morgan fingerprint density at radius 3 is 2.57 bits per heavy atom. The third-order valence-corrected chi connectivity index (χ3v) is 6.54. The molecule has 0 amide bonds. The fourth-order valence-electron chi connectivity index (χ4n) is 3.72. The molecule has 1 aliphatic rings. The first-order valence-corrected chi connectivity index (χ1v) is 11.3. The van der Waals surface area contributed by atoms with Crippen LogP contribution in [0, 0.1) is 6.92 Å². The summed E-state index contributed by atoms with van der Waals surface area (Å²) < 4.78 is 31.3. The van der Waals surface area contributed by atoms with Crippen molar-refractivity contribution < 1.29 is 13.2 Å². The van der Waals surface area contributed by atoms with E-state index >= 15 is 0 Å². The zero-order chi connectivity index (χ0) is 19.7. The van der Waals surface area contributed by atoms with Crippen molar-refractivity contribution in [2.75, 3.05) is 19.3 Å². The second-order valence-corrected chi connectivity index (χ2v) is 9.40. The molecule has 1 aliphatic heterocycles. The zero-order valence-electron chi connectivity index (χ0n) is 16.1. The number of benzene rings is 2. The maximum atomic E-state index is 11.7. The SMILES string of the molecule is Cc1cccc(-c2cc(OC3CCN(S(C)(=O)=O)CC3)c3cnccc3c2)c1. The molecule has 0 unspecified atom stereocenters. The molecular formula is C22H24N2O3S. The van der Waals surface area contributed by atoms with Gasteiger partial charge in [0.25, 0.3) is 0 Å². The first kappa shape index (κ1) is 18.9. The molecule has 2 aromatic carbocycles. The summed E-state index contributed by atoms with van der Waals surface area (Å²) in [7, 11) is -3.14. The molecule has 0 saturated carbocycles. The van der Waals surface area contributed by atoms with Gasteiger partial charge in [-0.1, -0.05) is 29.8 Å². The van der Waals surface area contributed by atoms with E-state index in [9.17, 15) is 8.42 Å². The van der Waals surface area contributed by atoms with Crippen LogP contribution < -0.4 is 4.74 Å². The third kappa shape index (κ3) is 4.03. The van der Waals surface area contributed by atoms with Gasteiger partial charge in [-0.25, -0.2) is 12.7 Å². The van der Waals surface area contributed by atoms with Gasteiger partial charge in [0.05, 0.1) is 6.26 Å². The zero-order valence-corrected chi connectivity index (χ0v) is 16.9. The number of rotatable bonds is 4. The summed E-state index contributed by atoms with van der Waals surface area (Å²) in [5.41, 5.74) is 3.46. The Morgan fingerprint density at radius 2 is 1.86 bits per heavy atom. The summed E-state index contributed by atoms with van der Waals surface area (Å²) in [6.07, 6.45) is 6.24. The molecule has 0 atom stereocenters. The molecule has 4 rings (SSSR count). The molecule has 1 fully saturated rings. The van der Waals surface area contributed by atoms with Gasteiger partial charge in [0, 0.05) is 30.9 Å². The minimum atomic E-state index is -3.14. The van der Waals surface area contributed by atoms with Crippen LogP contribution in [-0.4, -0.2) is 43.2 Å². The number of fused-ring (bicyclic) bond motifs is 1. The van der Waals surface area contributed by atoms with Crippen molar-refractivity contribution in [1.29, 1.82) is 0 Å². The second-order valence-electron chi connectivity index (χ2n) is 7.42. The van der Waals surface area contributed by atoms with Gasteiger partial charge >= 0.3 is 0 Å². The average molecular weight is 397 g/mol. The van der Waals surface area contributed by atoms with E-state index < -0.39 is 10.0 Å². The summed E-state index contributed by atoms with van der Waals surface area (Å²) in [4.78, 5) is 4.26. The minimum absolute atomic E-state index is 0.00540. The number of ether oxygens (including phenoxy) is 1. The van der Waals surface area contributed by atoms with Gasteiger partial charge in [0.1, 0.15) is 11.9 Å². The van der Waals surface area contributed by atoms with E-state index in [0.717, 1.165) is 27.6 Å². The predicted molar refractivity (Wildman–Crippen MR) is 112 cm³/mol. The lowest BCUT2D eigenvalue weighted by Crippen LogP contribution is -2.41. The molecule has 28 heavy (non-hydrogen) atoms. The van der Waals surface area contributed by atoms with Crippen molar-refractivity contribution in [1.82, 2.24) is 9.29 Å². The molecule has 3 aromatic rings. The monoisotopic (exact) mass is 396 g/mol.